The highest BCUT2D eigenvalue weighted by molar-refractivity contribution is 6.01. The number of hydrogen-bond acceptors (Lipinski definition) is 3. The number of para-hydroxylation sites is 2. The summed E-state index contributed by atoms with van der Waals surface area (Å²) in [5.74, 6) is 2.07. The first-order valence-electron chi connectivity index (χ1n) is 13.7. The van der Waals surface area contributed by atoms with Crippen molar-refractivity contribution in [1.29, 1.82) is 0 Å². The maximum atomic E-state index is 13.6. The van der Waals surface area contributed by atoms with Gasteiger partial charge in [0.2, 0.25) is 0 Å². The standard InChI is InChI=1S/C32H32N4O/c1-2-19-7-11-21(12-8-19)23-15-16-25-24(18-23)30(33-28-17-20-9-13-22(28)14-10-20)29(32(37)36-25)31-34-26-5-3-4-6-27(26)35-31/h3-8,11-12,15-16,18,20,22,28H,2,9-10,13-14,17H2,1H3,(H,34,35)(H2,33,36,37). The summed E-state index contributed by atoms with van der Waals surface area (Å²) in [6.07, 6.45) is 7.44. The molecule has 3 aliphatic carbocycles. The van der Waals surface area contributed by atoms with Crippen molar-refractivity contribution in [2.45, 2.75) is 51.5 Å². The highest BCUT2D eigenvalue weighted by atomic mass is 16.1. The number of aryl methyl sites for hydroxylation is 1. The van der Waals surface area contributed by atoms with Crippen molar-refractivity contribution in [3.8, 4) is 22.5 Å². The smallest absolute Gasteiger partial charge is 0.261 e. The zero-order valence-electron chi connectivity index (χ0n) is 21.2. The minimum absolute atomic E-state index is 0.116. The van der Waals surface area contributed by atoms with Crippen LogP contribution < -0.4 is 10.9 Å². The second kappa shape index (κ2) is 8.91. The van der Waals surface area contributed by atoms with Crippen molar-refractivity contribution in [2.24, 2.45) is 11.8 Å². The summed E-state index contributed by atoms with van der Waals surface area (Å²) < 4.78 is 0. The molecular formula is C32H32N4O. The second-order valence-corrected chi connectivity index (χ2v) is 10.9. The van der Waals surface area contributed by atoms with E-state index in [1.54, 1.807) is 0 Å². The zero-order chi connectivity index (χ0) is 24.9. The fourth-order valence-electron chi connectivity index (χ4n) is 6.59. The van der Waals surface area contributed by atoms with Gasteiger partial charge in [-0.25, -0.2) is 4.98 Å². The van der Waals surface area contributed by atoms with Crippen LogP contribution >= 0.6 is 0 Å². The van der Waals surface area contributed by atoms with E-state index in [-0.39, 0.29) is 5.56 Å². The Hall–Kier alpha value is -3.86. The fraction of sp³-hybridized carbons (Fsp3) is 0.312. The Kier molecular flexibility index (Phi) is 5.38. The number of aromatic nitrogens is 3. The number of imidazole rings is 1. The van der Waals surface area contributed by atoms with Crippen molar-refractivity contribution in [3.05, 3.63) is 82.6 Å². The highest BCUT2D eigenvalue weighted by Gasteiger charge is 2.36. The summed E-state index contributed by atoms with van der Waals surface area (Å²) in [5, 5.41) is 4.96. The largest absolute Gasteiger partial charge is 0.381 e. The van der Waals surface area contributed by atoms with Crippen LogP contribution in [0, 0.1) is 11.8 Å². The Bertz CT molecular complexity index is 1620. The number of benzene rings is 3. The Labute approximate surface area is 216 Å². The SMILES string of the molecule is CCc1ccc(-c2ccc3[nH]c(=O)c(-c4nc5ccccc5[nH]4)c(NC4CC5CCC4CC5)c3c2)cc1. The monoisotopic (exact) mass is 488 g/mol. The van der Waals surface area contributed by atoms with Crippen molar-refractivity contribution in [2.75, 3.05) is 5.32 Å². The van der Waals surface area contributed by atoms with E-state index >= 15 is 0 Å². The predicted octanol–water partition coefficient (Wildman–Crippen LogP) is 7.29. The number of fused-ring (bicyclic) bond motifs is 5. The number of hydrogen-bond donors (Lipinski definition) is 3. The van der Waals surface area contributed by atoms with Gasteiger partial charge in [-0.3, -0.25) is 4.79 Å². The second-order valence-electron chi connectivity index (χ2n) is 10.9. The van der Waals surface area contributed by atoms with Crippen LogP contribution in [-0.4, -0.2) is 21.0 Å². The molecule has 5 heteroatoms. The molecule has 2 bridgehead atoms. The van der Waals surface area contributed by atoms with Gasteiger partial charge in [-0.2, -0.15) is 0 Å². The normalized spacial score (nSPS) is 21.1. The molecule has 0 spiro atoms. The summed E-state index contributed by atoms with van der Waals surface area (Å²) in [5.41, 5.74) is 7.69. The molecule has 0 radical (unpaired) electrons. The average Bonchev–Trinajstić information content (AvgIpc) is 3.37. The fourth-order valence-corrected chi connectivity index (χ4v) is 6.59. The number of anilines is 1. The minimum Gasteiger partial charge on any atom is -0.381 e. The van der Waals surface area contributed by atoms with Crippen molar-refractivity contribution < 1.29 is 0 Å². The van der Waals surface area contributed by atoms with Gasteiger partial charge in [0.05, 0.1) is 22.2 Å². The van der Waals surface area contributed by atoms with E-state index < -0.39 is 0 Å². The van der Waals surface area contributed by atoms with Gasteiger partial charge in [-0.05, 0) is 78.5 Å². The van der Waals surface area contributed by atoms with Crippen molar-refractivity contribution >= 4 is 27.6 Å². The molecule has 1 unspecified atom stereocenters. The van der Waals surface area contributed by atoms with Gasteiger partial charge in [0.15, 0.2) is 0 Å². The number of rotatable bonds is 5. The van der Waals surface area contributed by atoms with Gasteiger partial charge >= 0.3 is 0 Å². The third-order valence-corrected chi connectivity index (χ3v) is 8.71. The molecule has 5 aromatic rings. The minimum atomic E-state index is -0.116. The van der Waals surface area contributed by atoms with Crippen LogP contribution in [0.15, 0.2) is 71.5 Å². The van der Waals surface area contributed by atoms with Crippen LogP contribution in [0.25, 0.3) is 44.5 Å². The van der Waals surface area contributed by atoms with Gasteiger partial charge in [0.25, 0.3) is 5.56 Å². The maximum Gasteiger partial charge on any atom is 0.261 e. The van der Waals surface area contributed by atoms with Crippen LogP contribution in [0.2, 0.25) is 0 Å². The molecule has 186 valence electrons. The van der Waals surface area contributed by atoms with E-state index in [4.69, 9.17) is 4.98 Å². The molecule has 3 fully saturated rings. The molecule has 0 saturated heterocycles. The molecule has 5 nitrogen and oxygen atoms in total. The molecule has 0 aliphatic heterocycles. The van der Waals surface area contributed by atoms with Crippen LogP contribution in [0.3, 0.4) is 0 Å². The first-order chi connectivity index (χ1) is 18.2. The summed E-state index contributed by atoms with van der Waals surface area (Å²) in [4.78, 5) is 25.0. The maximum absolute atomic E-state index is 13.6. The number of nitrogens with one attached hydrogen (secondary N) is 3. The van der Waals surface area contributed by atoms with E-state index in [2.05, 4.69) is 58.6 Å². The first-order valence-corrected chi connectivity index (χ1v) is 13.7. The quantitative estimate of drug-likeness (QED) is 0.243. The third kappa shape index (κ3) is 3.93. The third-order valence-electron chi connectivity index (χ3n) is 8.71. The van der Waals surface area contributed by atoms with Crippen molar-refractivity contribution in [1.82, 2.24) is 15.0 Å². The number of H-pyrrole nitrogens is 2. The Morgan fingerprint density at radius 1 is 0.892 bits per heavy atom. The Morgan fingerprint density at radius 2 is 1.68 bits per heavy atom. The van der Waals surface area contributed by atoms with Gasteiger partial charge in [-0.15, -0.1) is 0 Å². The number of pyridine rings is 1. The van der Waals surface area contributed by atoms with Gasteiger partial charge < -0.3 is 15.3 Å². The van der Waals surface area contributed by atoms with E-state index in [9.17, 15) is 4.79 Å². The van der Waals surface area contributed by atoms with Crippen LogP contribution in [0.1, 0.15) is 44.6 Å². The molecular weight excluding hydrogens is 456 g/mol. The molecule has 0 amide bonds. The predicted molar refractivity (Wildman–Crippen MR) is 152 cm³/mol. The average molecular weight is 489 g/mol. The topological polar surface area (TPSA) is 73.6 Å². The lowest BCUT2D eigenvalue weighted by Gasteiger charge is -2.43. The summed E-state index contributed by atoms with van der Waals surface area (Å²) in [7, 11) is 0. The zero-order valence-corrected chi connectivity index (χ0v) is 21.2. The molecule has 3 N–H and O–H groups in total. The van der Waals surface area contributed by atoms with Gasteiger partial charge in [0.1, 0.15) is 11.4 Å². The van der Waals surface area contributed by atoms with Crippen LogP contribution in [0.4, 0.5) is 5.69 Å². The molecule has 8 rings (SSSR count). The molecule has 1 atom stereocenters. The van der Waals surface area contributed by atoms with Crippen LogP contribution in [-0.2, 0) is 6.42 Å². The number of nitrogens with zero attached hydrogens (tertiary/aromatic N) is 1. The highest BCUT2D eigenvalue weighted by Crippen LogP contribution is 2.44. The van der Waals surface area contributed by atoms with E-state index in [0.717, 1.165) is 45.5 Å². The molecule has 2 aromatic heterocycles. The first kappa shape index (κ1) is 22.3. The van der Waals surface area contributed by atoms with E-state index in [1.807, 2.05) is 30.3 Å². The van der Waals surface area contributed by atoms with Gasteiger partial charge in [-0.1, -0.05) is 62.2 Å². The van der Waals surface area contributed by atoms with E-state index in [1.165, 1.54) is 43.2 Å². The lowest BCUT2D eigenvalue weighted by molar-refractivity contribution is 0.158. The Balaban J connectivity index is 1.42. The molecule has 3 aliphatic rings. The van der Waals surface area contributed by atoms with Crippen LogP contribution in [0.5, 0.6) is 0 Å². The number of aromatic amines is 2. The summed E-state index contributed by atoms with van der Waals surface area (Å²) >= 11 is 0. The summed E-state index contributed by atoms with van der Waals surface area (Å²) in [6, 6.07) is 23.5. The summed E-state index contributed by atoms with van der Waals surface area (Å²) in [6.45, 7) is 2.18. The Morgan fingerprint density at radius 3 is 2.41 bits per heavy atom. The lowest BCUT2D eigenvalue weighted by atomic mass is 9.68. The lowest BCUT2D eigenvalue weighted by Crippen LogP contribution is -2.40. The molecule has 2 heterocycles. The van der Waals surface area contributed by atoms with E-state index in [0.29, 0.717) is 23.3 Å². The molecule has 3 saturated carbocycles. The molecule has 3 aromatic carbocycles. The van der Waals surface area contributed by atoms with Gasteiger partial charge in [0, 0.05) is 11.4 Å². The molecule has 37 heavy (non-hydrogen) atoms. The van der Waals surface area contributed by atoms with Crippen molar-refractivity contribution in [3.63, 3.8) is 0 Å².